The number of nitrogens with zero attached hydrogens (tertiary/aromatic N) is 1. The van der Waals surface area contributed by atoms with Gasteiger partial charge in [-0.05, 0) is 25.0 Å². The molecule has 1 heterocycles. The Morgan fingerprint density at radius 1 is 1.47 bits per heavy atom. The number of anilines is 1. The molecule has 1 aromatic rings. The van der Waals surface area contributed by atoms with Crippen molar-refractivity contribution in [2.24, 2.45) is 0 Å². The molecule has 1 aliphatic rings. The number of amides is 1. The number of aromatic nitrogens is 1. The predicted molar refractivity (Wildman–Crippen MR) is 60.9 cm³/mol. The maximum absolute atomic E-state index is 11.4. The fraction of sp³-hybridized carbons (Fsp3) is 0.364. The first-order valence-corrected chi connectivity index (χ1v) is 5.38. The van der Waals surface area contributed by atoms with E-state index in [1.165, 1.54) is 12.3 Å². The molecule has 0 saturated heterocycles. The number of nitrogens with one attached hydrogen (secondary N) is 2. The summed E-state index contributed by atoms with van der Waals surface area (Å²) in [7, 11) is 0. The molecule has 90 valence electrons. The second-order valence-electron chi connectivity index (χ2n) is 3.93. The summed E-state index contributed by atoms with van der Waals surface area (Å²) in [6.45, 7) is 0.138. The van der Waals surface area contributed by atoms with Crippen LogP contribution in [0.15, 0.2) is 18.3 Å². The monoisotopic (exact) mass is 235 g/mol. The van der Waals surface area contributed by atoms with Gasteiger partial charge >= 0.3 is 5.97 Å². The molecule has 1 aliphatic carbocycles. The van der Waals surface area contributed by atoms with Gasteiger partial charge < -0.3 is 15.7 Å². The Balaban J connectivity index is 1.87. The fourth-order valence-corrected chi connectivity index (χ4v) is 1.35. The molecule has 0 aromatic carbocycles. The van der Waals surface area contributed by atoms with Crippen molar-refractivity contribution in [1.29, 1.82) is 0 Å². The van der Waals surface area contributed by atoms with Crippen LogP contribution < -0.4 is 10.6 Å². The molecular weight excluding hydrogens is 222 g/mol. The Labute approximate surface area is 98.1 Å². The lowest BCUT2D eigenvalue weighted by molar-refractivity contribution is -0.119. The van der Waals surface area contributed by atoms with Crippen molar-refractivity contribution in [3.05, 3.63) is 24.0 Å². The number of aromatic carboxylic acids is 1. The van der Waals surface area contributed by atoms with Crippen LogP contribution >= 0.6 is 0 Å². The summed E-state index contributed by atoms with van der Waals surface area (Å²) in [4.78, 5) is 25.7. The van der Waals surface area contributed by atoms with Crippen LogP contribution in [0.4, 0.5) is 5.69 Å². The van der Waals surface area contributed by atoms with E-state index in [1.54, 1.807) is 6.07 Å². The normalized spacial score (nSPS) is 14.1. The van der Waals surface area contributed by atoms with Gasteiger partial charge in [-0.3, -0.25) is 4.79 Å². The molecule has 1 amide bonds. The van der Waals surface area contributed by atoms with E-state index in [4.69, 9.17) is 5.11 Å². The molecule has 0 spiro atoms. The molecule has 17 heavy (non-hydrogen) atoms. The number of rotatable bonds is 5. The number of hydrogen-bond acceptors (Lipinski definition) is 4. The molecule has 1 aromatic heterocycles. The van der Waals surface area contributed by atoms with Crippen molar-refractivity contribution in [2.45, 2.75) is 18.9 Å². The molecule has 6 heteroatoms. The van der Waals surface area contributed by atoms with Gasteiger partial charge in [-0.1, -0.05) is 0 Å². The van der Waals surface area contributed by atoms with Crippen LogP contribution in [0, 0.1) is 0 Å². The summed E-state index contributed by atoms with van der Waals surface area (Å²) in [5.74, 6) is -1.17. The van der Waals surface area contributed by atoms with E-state index in [0.717, 1.165) is 12.8 Å². The maximum Gasteiger partial charge on any atom is 0.354 e. The van der Waals surface area contributed by atoms with E-state index in [0.29, 0.717) is 11.7 Å². The smallest absolute Gasteiger partial charge is 0.354 e. The first-order chi connectivity index (χ1) is 8.15. The molecule has 0 atom stereocenters. The third-order valence-electron chi connectivity index (χ3n) is 2.37. The average molecular weight is 235 g/mol. The van der Waals surface area contributed by atoms with E-state index in [2.05, 4.69) is 15.6 Å². The predicted octanol–water partition coefficient (Wildman–Crippen LogP) is 0.470. The molecule has 1 fully saturated rings. The Bertz CT molecular complexity index is 443. The van der Waals surface area contributed by atoms with Crippen LogP contribution in [0.1, 0.15) is 23.3 Å². The highest BCUT2D eigenvalue weighted by Gasteiger charge is 2.22. The third kappa shape index (κ3) is 3.44. The van der Waals surface area contributed by atoms with Crippen LogP contribution in [0.3, 0.4) is 0 Å². The van der Waals surface area contributed by atoms with Gasteiger partial charge in [-0.15, -0.1) is 0 Å². The highest BCUT2D eigenvalue weighted by Crippen LogP contribution is 2.18. The molecule has 6 nitrogen and oxygen atoms in total. The molecule has 0 radical (unpaired) electrons. The first kappa shape index (κ1) is 11.4. The zero-order valence-corrected chi connectivity index (χ0v) is 9.14. The highest BCUT2D eigenvalue weighted by molar-refractivity contribution is 5.87. The summed E-state index contributed by atoms with van der Waals surface area (Å²) >= 11 is 0. The van der Waals surface area contributed by atoms with Crippen molar-refractivity contribution in [3.8, 4) is 0 Å². The lowest BCUT2D eigenvalue weighted by Crippen LogP contribution is -2.31. The lowest BCUT2D eigenvalue weighted by Gasteiger charge is -2.07. The van der Waals surface area contributed by atoms with Gasteiger partial charge in [-0.25, -0.2) is 9.78 Å². The Hall–Kier alpha value is -2.11. The minimum absolute atomic E-state index is 0.0439. The number of hydrogen-bond donors (Lipinski definition) is 3. The summed E-state index contributed by atoms with van der Waals surface area (Å²) in [5, 5.41) is 14.4. The minimum atomic E-state index is -1.09. The molecule has 1 saturated carbocycles. The highest BCUT2D eigenvalue weighted by atomic mass is 16.4. The Morgan fingerprint density at radius 2 is 2.24 bits per heavy atom. The summed E-state index contributed by atoms with van der Waals surface area (Å²) in [6.07, 6.45) is 3.49. The number of pyridine rings is 1. The van der Waals surface area contributed by atoms with E-state index in [9.17, 15) is 9.59 Å². The van der Waals surface area contributed by atoms with E-state index < -0.39 is 5.97 Å². The van der Waals surface area contributed by atoms with Gasteiger partial charge in [0, 0.05) is 17.9 Å². The van der Waals surface area contributed by atoms with Gasteiger partial charge in [0.15, 0.2) is 0 Å². The summed E-state index contributed by atoms with van der Waals surface area (Å²) in [5.41, 5.74) is 0.529. The lowest BCUT2D eigenvalue weighted by atomic mass is 10.3. The van der Waals surface area contributed by atoms with Crippen molar-refractivity contribution in [3.63, 3.8) is 0 Å². The maximum atomic E-state index is 11.4. The van der Waals surface area contributed by atoms with Gasteiger partial charge in [0.05, 0.1) is 6.54 Å². The Morgan fingerprint density at radius 3 is 2.88 bits per heavy atom. The second kappa shape index (κ2) is 4.82. The standard InChI is InChI=1S/C11H13N3O3/c15-10(14-7-1-2-7)6-13-8-3-4-12-9(5-8)11(16)17/h3-5,7H,1-2,6H2,(H,12,13)(H,14,15)(H,16,17). The van der Waals surface area contributed by atoms with Gasteiger partial charge in [0.2, 0.25) is 5.91 Å². The van der Waals surface area contributed by atoms with Crippen molar-refractivity contribution in [2.75, 3.05) is 11.9 Å². The van der Waals surface area contributed by atoms with Crippen LogP contribution in [0.5, 0.6) is 0 Å². The number of carboxylic acid groups (broad SMARTS) is 1. The van der Waals surface area contributed by atoms with Crippen molar-refractivity contribution < 1.29 is 14.7 Å². The summed E-state index contributed by atoms with van der Waals surface area (Å²) < 4.78 is 0. The zero-order valence-electron chi connectivity index (χ0n) is 9.14. The number of carbonyl (C=O) groups is 2. The molecule has 2 rings (SSSR count). The van der Waals surface area contributed by atoms with Crippen molar-refractivity contribution in [1.82, 2.24) is 10.3 Å². The molecule has 0 unspecified atom stereocenters. The van der Waals surface area contributed by atoms with E-state index in [1.807, 2.05) is 0 Å². The minimum Gasteiger partial charge on any atom is -0.477 e. The van der Waals surface area contributed by atoms with E-state index >= 15 is 0 Å². The first-order valence-electron chi connectivity index (χ1n) is 5.38. The molecular formula is C11H13N3O3. The molecule has 3 N–H and O–H groups in total. The van der Waals surface area contributed by atoms with Crippen LogP contribution in [0.25, 0.3) is 0 Å². The molecule has 0 bridgehead atoms. The fourth-order valence-electron chi connectivity index (χ4n) is 1.35. The topological polar surface area (TPSA) is 91.3 Å². The third-order valence-corrected chi connectivity index (χ3v) is 2.37. The van der Waals surface area contributed by atoms with Crippen molar-refractivity contribution >= 4 is 17.6 Å². The number of carbonyl (C=O) groups excluding carboxylic acids is 1. The van der Waals surface area contributed by atoms with Gasteiger partial charge in [0.25, 0.3) is 0 Å². The Kier molecular flexibility index (Phi) is 3.22. The number of carboxylic acids is 1. The van der Waals surface area contributed by atoms with Crippen LogP contribution in [-0.4, -0.2) is 34.6 Å². The average Bonchev–Trinajstić information content (AvgIpc) is 3.11. The zero-order chi connectivity index (χ0) is 12.3. The second-order valence-corrected chi connectivity index (χ2v) is 3.93. The summed E-state index contributed by atoms with van der Waals surface area (Å²) in [6, 6.07) is 3.35. The van der Waals surface area contributed by atoms with Gasteiger partial charge in [-0.2, -0.15) is 0 Å². The van der Waals surface area contributed by atoms with E-state index in [-0.39, 0.29) is 18.1 Å². The van der Waals surface area contributed by atoms with Gasteiger partial charge in [0.1, 0.15) is 5.69 Å². The SMILES string of the molecule is O=C(CNc1ccnc(C(=O)O)c1)NC1CC1. The largest absolute Gasteiger partial charge is 0.477 e. The molecule has 0 aliphatic heterocycles. The van der Waals surface area contributed by atoms with Crippen LogP contribution in [-0.2, 0) is 4.79 Å². The van der Waals surface area contributed by atoms with Crippen LogP contribution in [0.2, 0.25) is 0 Å². The quantitative estimate of drug-likeness (QED) is 0.690.